The van der Waals surface area contributed by atoms with Gasteiger partial charge in [0.15, 0.2) is 0 Å². The summed E-state index contributed by atoms with van der Waals surface area (Å²) < 4.78 is 38.1. The highest BCUT2D eigenvalue weighted by Crippen LogP contribution is 2.33. The standard InChI is InChI=1S/C15H16F3N3/c1-9(2)10-5-3-4-6-12(10)21-13-7-14(15(16,17)18)20-8-11(13)19/h3-9H,19H2,1-2H3,(H,20,21). The number of aromatic nitrogens is 1. The molecule has 0 amide bonds. The molecule has 0 unspecified atom stereocenters. The van der Waals surface area contributed by atoms with Gasteiger partial charge in [0.1, 0.15) is 5.69 Å². The van der Waals surface area contributed by atoms with Gasteiger partial charge >= 0.3 is 6.18 Å². The molecule has 0 aliphatic rings. The van der Waals surface area contributed by atoms with Crippen LogP contribution in [0.4, 0.5) is 30.2 Å². The second-order valence-electron chi connectivity index (χ2n) is 5.02. The number of halogens is 3. The van der Waals surface area contributed by atoms with E-state index in [-0.39, 0.29) is 17.3 Å². The van der Waals surface area contributed by atoms with Gasteiger partial charge in [0.05, 0.1) is 17.6 Å². The number of pyridine rings is 1. The monoisotopic (exact) mass is 295 g/mol. The van der Waals surface area contributed by atoms with E-state index in [0.717, 1.165) is 23.5 Å². The Morgan fingerprint density at radius 3 is 2.43 bits per heavy atom. The molecule has 0 bridgehead atoms. The first kappa shape index (κ1) is 15.2. The van der Waals surface area contributed by atoms with E-state index in [0.29, 0.717) is 0 Å². The van der Waals surface area contributed by atoms with Crippen molar-refractivity contribution in [3.05, 3.63) is 47.8 Å². The van der Waals surface area contributed by atoms with Gasteiger partial charge in [0, 0.05) is 5.69 Å². The van der Waals surface area contributed by atoms with Crippen LogP contribution >= 0.6 is 0 Å². The van der Waals surface area contributed by atoms with Crippen molar-refractivity contribution < 1.29 is 13.2 Å². The smallest absolute Gasteiger partial charge is 0.396 e. The molecule has 6 heteroatoms. The fourth-order valence-electron chi connectivity index (χ4n) is 1.99. The number of nitrogen functional groups attached to an aromatic ring is 1. The SMILES string of the molecule is CC(C)c1ccccc1Nc1cc(C(F)(F)F)ncc1N. The third-order valence-electron chi connectivity index (χ3n) is 3.08. The van der Waals surface area contributed by atoms with Crippen LogP contribution in [-0.2, 0) is 6.18 Å². The summed E-state index contributed by atoms with van der Waals surface area (Å²) in [5.74, 6) is 0.235. The summed E-state index contributed by atoms with van der Waals surface area (Å²) in [6.45, 7) is 4.02. The van der Waals surface area contributed by atoms with Gasteiger partial charge in [-0.25, -0.2) is 4.98 Å². The molecule has 2 aromatic rings. The van der Waals surface area contributed by atoms with Crippen molar-refractivity contribution >= 4 is 17.1 Å². The first-order valence-electron chi connectivity index (χ1n) is 6.47. The van der Waals surface area contributed by atoms with Gasteiger partial charge < -0.3 is 11.1 Å². The van der Waals surface area contributed by atoms with Crippen LogP contribution in [0.25, 0.3) is 0 Å². The van der Waals surface area contributed by atoms with E-state index in [1.807, 2.05) is 38.1 Å². The second-order valence-corrected chi connectivity index (χ2v) is 5.02. The van der Waals surface area contributed by atoms with E-state index < -0.39 is 11.9 Å². The number of nitrogens with two attached hydrogens (primary N) is 1. The highest BCUT2D eigenvalue weighted by Gasteiger charge is 2.33. The summed E-state index contributed by atoms with van der Waals surface area (Å²) in [5.41, 5.74) is 6.85. The molecule has 0 saturated heterocycles. The quantitative estimate of drug-likeness (QED) is 0.873. The van der Waals surface area contributed by atoms with E-state index >= 15 is 0 Å². The largest absolute Gasteiger partial charge is 0.433 e. The first-order chi connectivity index (χ1) is 9.79. The predicted molar refractivity (Wildman–Crippen MR) is 77.5 cm³/mol. The van der Waals surface area contributed by atoms with Crippen LogP contribution in [-0.4, -0.2) is 4.98 Å². The lowest BCUT2D eigenvalue weighted by molar-refractivity contribution is -0.141. The van der Waals surface area contributed by atoms with Crippen molar-refractivity contribution in [1.82, 2.24) is 4.98 Å². The number of benzene rings is 1. The molecule has 2 rings (SSSR count). The number of alkyl halides is 3. The molecule has 0 fully saturated rings. The minimum absolute atomic E-state index is 0.168. The van der Waals surface area contributed by atoms with Gasteiger partial charge in [-0.1, -0.05) is 32.0 Å². The normalized spacial score (nSPS) is 11.7. The van der Waals surface area contributed by atoms with Crippen LogP contribution in [0, 0.1) is 0 Å². The van der Waals surface area contributed by atoms with E-state index in [2.05, 4.69) is 10.3 Å². The number of nitrogens with zero attached hydrogens (tertiary/aromatic N) is 1. The number of para-hydroxylation sites is 1. The van der Waals surface area contributed by atoms with Crippen LogP contribution in [0.15, 0.2) is 36.5 Å². The van der Waals surface area contributed by atoms with E-state index in [4.69, 9.17) is 5.73 Å². The molecular weight excluding hydrogens is 279 g/mol. The summed E-state index contributed by atoms with van der Waals surface area (Å²) in [6.07, 6.45) is -3.48. The number of nitrogens with one attached hydrogen (secondary N) is 1. The Morgan fingerprint density at radius 2 is 1.81 bits per heavy atom. The molecule has 21 heavy (non-hydrogen) atoms. The predicted octanol–water partition coefficient (Wildman–Crippen LogP) is 4.55. The molecule has 1 aromatic heterocycles. The summed E-state index contributed by atoms with van der Waals surface area (Å²) in [6, 6.07) is 8.36. The van der Waals surface area contributed by atoms with Gasteiger partial charge in [-0.05, 0) is 23.6 Å². The van der Waals surface area contributed by atoms with Crippen LogP contribution in [0.1, 0.15) is 31.0 Å². The zero-order valence-electron chi connectivity index (χ0n) is 11.7. The lowest BCUT2D eigenvalue weighted by atomic mass is 10.0. The second kappa shape index (κ2) is 5.63. The summed E-state index contributed by atoms with van der Waals surface area (Å²) in [4.78, 5) is 3.32. The van der Waals surface area contributed by atoms with Crippen molar-refractivity contribution in [2.75, 3.05) is 11.1 Å². The number of hydrogen-bond acceptors (Lipinski definition) is 3. The van der Waals surface area contributed by atoms with E-state index in [1.54, 1.807) is 0 Å². The maximum absolute atomic E-state index is 12.7. The van der Waals surface area contributed by atoms with Gasteiger partial charge in [0.25, 0.3) is 0 Å². The molecule has 0 saturated carbocycles. The first-order valence-corrected chi connectivity index (χ1v) is 6.47. The molecular formula is C15H16F3N3. The molecule has 3 N–H and O–H groups in total. The average Bonchev–Trinajstić information content (AvgIpc) is 2.40. The lowest BCUT2D eigenvalue weighted by Gasteiger charge is -2.16. The van der Waals surface area contributed by atoms with Crippen molar-refractivity contribution in [3.8, 4) is 0 Å². The Balaban J connectivity index is 2.40. The Labute approximate surface area is 121 Å². The minimum Gasteiger partial charge on any atom is -0.396 e. The van der Waals surface area contributed by atoms with Crippen molar-refractivity contribution in [1.29, 1.82) is 0 Å². The molecule has 1 aromatic carbocycles. The van der Waals surface area contributed by atoms with Crippen LogP contribution in [0.2, 0.25) is 0 Å². The molecule has 0 aliphatic carbocycles. The van der Waals surface area contributed by atoms with Crippen LogP contribution < -0.4 is 11.1 Å². The van der Waals surface area contributed by atoms with Crippen molar-refractivity contribution in [2.45, 2.75) is 25.9 Å². The highest BCUT2D eigenvalue weighted by molar-refractivity contribution is 5.73. The Kier molecular flexibility index (Phi) is 4.06. The molecule has 112 valence electrons. The fourth-order valence-corrected chi connectivity index (χ4v) is 1.99. The lowest BCUT2D eigenvalue weighted by Crippen LogP contribution is -2.10. The zero-order chi connectivity index (χ0) is 15.6. The fraction of sp³-hybridized carbons (Fsp3) is 0.267. The summed E-state index contributed by atoms with van der Waals surface area (Å²) in [7, 11) is 0. The summed E-state index contributed by atoms with van der Waals surface area (Å²) >= 11 is 0. The van der Waals surface area contributed by atoms with Gasteiger partial charge in [-0.15, -0.1) is 0 Å². The molecule has 0 aliphatic heterocycles. The Morgan fingerprint density at radius 1 is 1.14 bits per heavy atom. The summed E-state index contributed by atoms with van der Waals surface area (Å²) in [5, 5.41) is 2.97. The number of hydrogen-bond donors (Lipinski definition) is 2. The number of anilines is 3. The van der Waals surface area contributed by atoms with Crippen LogP contribution in [0.3, 0.4) is 0 Å². The van der Waals surface area contributed by atoms with Gasteiger partial charge in [0.2, 0.25) is 0 Å². The van der Waals surface area contributed by atoms with Crippen molar-refractivity contribution in [2.24, 2.45) is 0 Å². The Bertz CT molecular complexity index is 636. The molecule has 3 nitrogen and oxygen atoms in total. The maximum atomic E-state index is 12.7. The number of rotatable bonds is 3. The zero-order valence-corrected chi connectivity index (χ0v) is 11.7. The van der Waals surface area contributed by atoms with E-state index in [9.17, 15) is 13.2 Å². The maximum Gasteiger partial charge on any atom is 0.433 e. The highest BCUT2D eigenvalue weighted by atomic mass is 19.4. The van der Waals surface area contributed by atoms with Crippen LogP contribution in [0.5, 0.6) is 0 Å². The molecule has 0 atom stereocenters. The third-order valence-corrected chi connectivity index (χ3v) is 3.08. The van der Waals surface area contributed by atoms with E-state index in [1.165, 1.54) is 0 Å². The van der Waals surface area contributed by atoms with Gasteiger partial charge in [-0.3, -0.25) is 0 Å². The van der Waals surface area contributed by atoms with Gasteiger partial charge in [-0.2, -0.15) is 13.2 Å². The average molecular weight is 295 g/mol. The third kappa shape index (κ3) is 3.45. The Hall–Kier alpha value is -2.24. The van der Waals surface area contributed by atoms with Crippen molar-refractivity contribution in [3.63, 3.8) is 0 Å². The minimum atomic E-state index is -4.50. The topological polar surface area (TPSA) is 50.9 Å². The molecule has 0 radical (unpaired) electrons. The molecule has 0 spiro atoms. The molecule has 1 heterocycles.